The lowest BCUT2D eigenvalue weighted by Gasteiger charge is -2.24. The zero-order chi connectivity index (χ0) is 18.8. The van der Waals surface area contributed by atoms with Crippen LogP contribution < -0.4 is 9.80 Å². The van der Waals surface area contributed by atoms with Gasteiger partial charge in [-0.3, -0.25) is 4.79 Å². The lowest BCUT2D eigenvalue weighted by Crippen LogP contribution is -2.29. The van der Waals surface area contributed by atoms with Crippen LogP contribution in [0.4, 0.5) is 17.1 Å². The molecule has 0 bridgehead atoms. The first-order valence-corrected chi connectivity index (χ1v) is 9.37. The van der Waals surface area contributed by atoms with E-state index in [1.807, 2.05) is 35.2 Å². The molecule has 0 saturated carbocycles. The highest BCUT2D eigenvalue weighted by Gasteiger charge is 2.26. The van der Waals surface area contributed by atoms with Crippen molar-refractivity contribution >= 4 is 23.0 Å². The number of aryl methyl sites for hydroxylation is 1. The fourth-order valence-electron chi connectivity index (χ4n) is 3.67. The van der Waals surface area contributed by atoms with E-state index in [4.69, 9.17) is 0 Å². The minimum atomic E-state index is -0.0369. The molecule has 4 rings (SSSR count). The summed E-state index contributed by atoms with van der Waals surface area (Å²) < 4.78 is 0. The van der Waals surface area contributed by atoms with Crippen molar-refractivity contribution in [2.75, 3.05) is 22.9 Å². The number of anilines is 3. The fraction of sp³-hybridized carbons (Fsp3) is 0.217. The first-order valence-electron chi connectivity index (χ1n) is 9.37. The van der Waals surface area contributed by atoms with Crippen LogP contribution in [0.1, 0.15) is 28.5 Å². The Morgan fingerprint density at radius 1 is 1.07 bits per heavy atom. The number of amides is 1. The van der Waals surface area contributed by atoms with Gasteiger partial charge in [-0.1, -0.05) is 30.3 Å². The standard InChI is InChI=1S/C23H23N3O/c1-3-25(19-9-6-7-17(2)15-19)20-11-12-21(24-16-20)23(27)26-14-13-18-8-4-5-10-22(18)26/h4-12,15-16H,3,13-14H2,1-2H3. The summed E-state index contributed by atoms with van der Waals surface area (Å²) in [6.45, 7) is 5.75. The largest absolute Gasteiger partial charge is 0.341 e. The Kier molecular flexibility index (Phi) is 4.63. The SMILES string of the molecule is CCN(c1ccc(C(=O)N2CCc3ccccc32)nc1)c1cccc(C)c1. The summed E-state index contributed by atoms with van der Waals surface area (Å²) in [5.41, 5.74) is 6.05. The Morgan fingerprint density at radius 3 is 2.67 bits per heavy atom. The number of aromatic nitrogens is 1. The van der Waals surface area contributed by atoms with Gasteiger partial charge in [0.25, 0.3) is 5.91 Å². The van der Waals surface area contributed by atoms with Crippen molar-refractivity contribution < 1.29 is 4.79 Å². The summed E-state index contributed by atoms with van der Waals surface area (Å²) in [5, 5.41) is 0. The van der Waals surface area contributed by atoms with E-state index >= 15 is 0 Å². The molecule has 0 unspecified atom stereocenters. The predicted molar refractivity (Wildman–Crippen MR) is 110 cm³/mol. The number of benzene rings is 2. The molecule has 0 N–H and O–H groups in total. The second-order valence-corrected chi connectivity index (χ2v) is 6.82. The Bertz CT molecular complexity index is 965. The molecule has 0 radical (unpaired) electrons. The first kappa shape index (κ1) is 17.3. The minimum Gasteiger partial charge on any atom is -0.341 e. The number of para-hydroxylation sites is 1. The minimum absolute atomic E-state index is 0.0369. The van der Waals surface area contributed by atoms with Crippen molar-refractivity contribution in [3.05, 3.63) is 83.7 Å². The fourth-order valence-corrected chi connectivity index (χ4v) is 3.67. The third-order valence-electron chi connectivity index (χ3n) is 5.04. The van der Waals surface area contributed by atoms with Crippen molar-refractivity contribution in [2.45, 2.75) is 20.3 Å². The monoisotopic (exact) mass is 357 g/mol. The van der Waals surface area contributed by atoms with E-state index in [2.05, 4.69) is 54.1 Å². The molecule has 0 spiro atoms. The highest BCUT2D eigenvalue weighted by molar-refractivity contribution is 6.06. The summed E-state index contributed by atoms with van der Waals surface area (Å²) in [6.07, 6.45) is 2.69. The highest BCUT2D eigenvalue weighted by atomic mass is 16.2. The van der Waals surface area contributed by atoms with Crippen molar-refractivity contribution in [3.8, 4) is 0 Å². The van der Waals surface area contributed by atoms with Gasteiger partial charge in [-0.15, -0.1) is 0 Å². The predicted octanol–water partition coefficient (Wildman–Crippen LogP) is 4.75. The molecule has 0 saturated heterocycles. The van der Waals surface area contributed by atoms with E-state index in [1.54, 1.807) is 6.20 Å². The Hall–Kier alpha value is -3.14. The lowest BCUT2D eigenvalue weighted by atomic mass is 10.2. The average molecular weight is 357 g/mol. The maximum Gasteiger partial charge on any atom is 0.276 e. The molecule has 1 aliphatic heterocycles. The van der Waals surface area contributed by atoms with Crippen LogP contribution in [-0.2, 0) is 6.42 Å². The van der Waals surface area contributed by atoms with E-state index in [0.717, 1.165) is 30.0 Å². The summed E-state index contributed by atoms with van der Waals surface area (Å²) >= 11 is 0. The summed E-state index contributed by atoms with van der Waals surface area (Å²) in [6, 6.07) is 20.3. The molecule has 2 heterocycles. The molecule has 1 aliphatic rings. The van der Waals surface area contributed by atoms with E-state index in [0.29, 0.717) is 12.2 Å². The van der Waals surface area contributed by atoms with E-state index < -0.39 is 0 Å². The van der Waals surface area contributed by atoms with Crippen LogP contribution in [0, 0.1) is 6.92 Å². The van der Waals surface area contributed by atoms with Gasteiger partial charge in [0.2, 0.25) is 0 Å². The molecule has 4 heteroatoms. The molecular formula is C23H23N3O. The van der Waals surface area contributed by atoms with Gasteiger partial charge in [0.05, 0.1) is 11.9 Å². The number of hydrogen-bond acceptors (Lipinski definition) is 3. The molecular weight excluding hydrogens is 334 g/mol. The van der Waals surface area contributed by atoms with Crippen LogP contribution in [0.3, 0.4) is 0 Å². The average Bonchev–Trinajstić information content (AvgIpc) is 3.13. The van der Waals surface area contributed by atoms with Crippen LogP contribution >= 0.6 is 0 Å². The van der Waals surface area contributed by atoms with Crippen molar-refractivity contribution in [2.24, 2.45) is 0 Å². The van der Waals surface area contributed by atoms with Crippen LogP contribution in [0.2, 0.25) is 0 Å². The smallest absolute Gasteiger partial charge is 0.276 e. The molecule has 0 fully saturated rings. The van der Waals surface area contributed by atoms with Crippen molar-refractivity contribution in [1.82, 2.24) is 4.98 Å². The van der Waals surface area contributed by atoms with Crippen molar-refractivity contribution in [3.63, 3.8) is 0 Å². The van der Waals surface area contributed by atoms with Gasteiger partial charge in [-0.05, 0) is 61.7 Å². The van der Waals surface area contributed by atoms with E-state index in [9.17, 15) is 4.79 Å². The van der Waals surface area contributed by atoms with Gasteiger partial charge in [-0.2, -0.15) is 0 Å². The maximum absolute atomic E-state index is 12.9. The van der Waals surface area contributed by atoms with Gasteiger partial charge in [0.1, 0.15) is 5.69 Å². The van der Waals surface area contributed by atoms with Crippen LogP contribution in [-0.4, -0.2) is 24.0 Å². The molecule has 1 amide bonds. The second kappa shape index (κ2) is 7.23. The number of carbonyl (C=O) groups is 1. The van der Waals surface area contributed by atoms with Crippen LogP contribution in [0.15, 0.2) is 66.9 Å². The quantitative estimate of drug-likeness (QED) is 0.676. The second-order valence-electron chi connectivity index (χ2n) is 6.82. The zero-order valence-corrected chi connectivity index (χ0v) is 15.7. The Morgan fingerprint density at radius 2 is 1.93 bits per heavy atom. The van der Waals surface area contributed by atoms with Gasteiger partial charge in [-0.25, -0.2) is 4.98 Å². The number of nitrogens with zero attached hydrogens (tertiary/aromatic N) is 3. The zero-order valence-electron chi connectivity index (χ0n) is 15.7. The lowest BCUT2D eigenvalue weighted by molar-refractivity contribution is 0.0984. The van der Waals surface area contributed by atoms with Gasteiger partial charge in [0.15, 0.2) is 0 Å². The molecule has 4 nitrogen and oxygen atoms in total. The summed E-state index contributed by atoms with van der Waals surface area (Å²) in [7, 11) is 0. The van der Waals surface area contributed by atoms with Gasteiger partial charge >= 0.3 is 0 Å². The Balaban J connectivity index is 1.58. The van der Waals surface area contributed by atoms with Crippen molar-refractivity contribution in [1.29, 1.82) is 0 Å². The molecule has 0 aliphatic carbocycles. The molecule has 2 aromatic carbocycles. The third-order valence-corrected chi connectivity index (χ3v) is 5.04. The highest BCUT2D eigenvalue weighted by Crippen LogP contribution is 2.29. The summed E-state index contributed by atoms with van der Waals surface area (Å²) in [4.78, 5) is 21.4. The molecule has 136 valence electrons. The maximum atomic E-state index is 12.9. The van der Waals surface area contributed by atoms with Gasteiger partial charge in [0, 0.05) is 24.5 Å². The van der Waals surface area contributed by atoms with E-state index in [1.165, 1.54) is 11.1 Å². The molecule has 1 aromatic heterocycles. The van der Waals surface area contributed by atoms with Gasteiger partial charge < -0.3 is 9.80 Å². The normalized spacial score (nSPS) is 12.7. The third kappa shape index (κ3) is 3.31. The Labute approximate surface area is 160 Å². The molecule has 0 atom stereocenters. The number of rotatable bonds is 4. The number of hydrogen-bond donors (Lipinski definition) is 0. The molecule has 27 heavy (non-hydrogen) atoms. The number of carbonyl (C=O) groups excluding carboxylic acids is 1. The topological polar surface area (TPSA) is 36.4 Å². The van der Waals surface area contributed by atoms with E-state index in [-0.39, 0.29) is 5.91 Å². The molecule has 3 aromatic rings. The van der Waals surface area contributed by atoms with Crippen LogP contribution in [0.5, 0.6) is 0 Å². The first-order chi connectivity index (χ1) is 13.2. The number of fused-ring (bicyclic) bond motifs is 1. The van der Waals surface area contributed by atoms with Crippen LogP contribution in [0.25, 0.3) is 0 Å². The number of pyridine rings is 1. The summed E-state index contributed by atoms with van der Waals surface area (Å²) in [5.74, 6) is -0.0369.